The zero-order chi connectivity index (χ0) is 25.9. The lowest BCUT2D eigenvalue weighted by atomic mass is 9.85. The summed E-state index contributed by atoms with van der Waals surface area (Å²) in [7, 11) is 0. The first kappa shape index (κ1) is 23.4. The summed E-state index contributed by atoms with van der Waals surface area (Å²) >= 11 is 0. The topological polar surface area (TPSA) is 94.0 Å². The quantitative estimate of drug-likeness (QED) is 0.394. The molecule has 1 aromatic carbocycles. The third-order valence-electron chi connectivity index (χ3n) is 7.47. The predicted octanol–water partition coefficient (Wildman–Crippen LogP) is 4.59. The molecule has 9 nitrogen and oxygen atoms in total. The van der Waals surface area contributed by atoms with E-state index < -0.39 is 5.54 Å². The van der Waals surface area contributed by atoms with Gasteiger partial charge in [0.15, 0.2) is 11.5 Å². The second-order valence-corrected chi connectivity index (χ2v) is 10.8. The average molecular weight is 495 g/mol. The van der Waals surface area contributed by atoms with Gasteiger partial charge in [0.2, 0.25) is 5.95 Å². The van der Waals surface area contributed by atoms with E-state index in [1.54, 1.807) is 15.6 Å². The van der Waals surface area contributed by atoms with E-state index >= 15 is 0 Å². The fraction of sp³-hybridized carbons (Fsp3) is 0.393. The molecule has 0 unspecified atom stereocenters. The molecule has 2 aliphatic rings. The Morgan fingerprint density at radius 3 is 2.70 bits per heavy atom. The number of nitrogens with one attached hydrogen (secondary N) is 2. The molecular formula is C28H30N8O. The summed E-state index contributed by atoms with van der Waals surface area (Å²) in [5.74, 6) is 0.979. The van der Waals surface area contributed by atoms with Crippen LogP contribution in [0.25, 0.3) is 21.7 Å². The van der Waals surface area contributed by atoms with Gasteiger partial charge in [0.25, 0.3) is 11.1 Å². The Hall–Kier alpha value is -4.03. The van der Waals surface area contributed by atoms with Gasteiger partial charge in [-0.1, -0.05) is 12.1 Å². The first-order chi connectivity index (χ1) is 17.7. The summed E-state index contributed by atoms with van der Waals surface area (Å²) < 4.78 is 3.42. The van der Waals surface area contributed by atoms with Crippen LogP contribution in [0.2, 0.25) is 0 Å². The number of rotatable bonds is 5. The Kier molecular flexibility index (Phi) is 5.21. The lowest BCUT2D eigenvalue weighted by molar-refractivity contribution is 0.382. The lowest BCUT2D eigenvalue weighted by Gasteiger charge is -2.34. The Bertz CT molecular complexity index is 1630. The smallest absolute Gasteiger partial charge is 0.278 e. The van der Waals surface area contributed by atoms with Gasteiger partial charge in [-0.05, 0) is 76.1 Å². The van der Waals surface area contributed by atoms with Gasteiger partial charge < -0.3 is 15.5 Å². The summed E-state index contributed by atoms with van der Waals surface area (Å²) in [6.07, 6.45) is 4.15. The van der Waals surface area contributed by atoms with Crippen molar-refractivity contribution in [3.05, 3.63) is 81.2 Å². The van der Waals surface area contributed by atoms with Gasteiger partial charge >= 0.3 is 0 Å². The average Bonchev–Trinajstić information content (AvgIpc) is 3.62. The third kappa shape index (κ3) is 3.80. The van der Waals surface area contributed by atoms with Crippen LogP contribution in [0.3, 0.4) is 0 Å². The molecule has 3 aromatic heterocycles. The van der Waals surface area contributed by atoms with Gasteiger partial charge in [-0.15, -0.1) is 0 Å². The van der Waals surface area contributed by atoms with Crippen LogP contribution in [0, 0.1) is 6.57 Å². The Labute approximate surface area is 215 Å². The van der Waals surface area contributed by atoms with Crippen LogP contribution in [0.1, 0.15) is 63.4 Å². The van der Waals surface area contributed by atoms with Crippen molar-refractivity contribution < 1.29 is 0 Å². The second kappa shape index (κ2) is 8.25. The molecule has 1 aliphatic carbocycles. The molecule has 4 aromatic rings. The number of benzene rings is 1. The number of fused-ring (bicyclic) bond motifs is 2. The van der Waals surface area contributed by atoms with Crippen LogP contribution in [-0.4, -0.2) is 30.9 Å². The van der Waals surface area contributed by atoms with Crippen molar-refractivity contribution in [1.82, 2.24) is 29.6 Å². The van der Waals surface area contributed by atoms with Crippen LogP contribution in [-0.2, 0) is 17.5 Å². The fourth-order valence-corrected chi connectivity index (χ4v) is 5.31. The highest BCUT2D eigenvalue weighted by atomic mass is 16.1. The zero-order valence-corrected chi connectivity index (χ0v) is 21.5. The van der Waals surface area contributed by atoms with E-state index in [9.17, 15) is 4.79 Å². The maximum absolute atomic E-state index is 13.4. The Balaban J connectivity index is 1.45. The minimum atomic E-state index is -0.542. The van der Waals surface area contributed by atoms with Gasteiger partial charge in [-0.2, -0.15) is 4.98 Å². The summed E-state index contributed by atoms with van der Waals surface area (Å²) in [5.41, 5.74) is 3.94. The third-order valence-corrected chi connectivity index (χ3v) is 7.47. The standard InChI is InChI=1S/C28H30N8O/c1-17(2)35-25(37)20-16-30-26(32-19-9-10-21-18(15-19)11-14-31-27(21,3)4)34-24(20)36(35)23-8-6-7-22(33-23)28(29-5)12-13-28/h6-10,15-17,31H,11-14H2,1-4H3,(H,30,32,34). The first-order valence-corrected chi connectivity index (χ1v) is 12.7. The highest BCUT2D eigenvalue weighted by Crippen LogP contribution is 2.48. The molecule has 37 heavy (non-hydrogen) atoms. The van der Waals surface area contributed by atoms with Gasteiger partial charge in [0, 0.05) is 36.3 Å². The number of pyridine rings is 1. The summed E-state index contributed by atoms with van der Waals surface area (Å²) in [6, 6.07) is 11.9. The van der Waals surface area contributed by atoms with Crippen LogP contribution in [0.5, 0.6) is 0 Å². The summed E-state index contributed by atoms with van der Waals surface area (Å²) in [6.45, 7) is 16.9. The maximum atomic E-state index is 13.4. The van der Waals surface area contributed by atoms with E-state index in [-0.39, 0.29) is 17.1 Å². The Morgan fingerprint density at radius 1 is 1.16 bits per heavy atom. The van der Waals surface area contributed by atoms with Crippen molar-refractivity contribution in [2.75, 3.05) is 11.9 Å². The van der Waals surface area contributed by atoms with Crippen LogP contribution < -0.4 is 16.2 Å². The SMILES string of the molecule is [C-]#[N+]C1(c2cccc(-n3c4nc(Nc5ccc6c(c5)CCNC6(C)C)ncc4c(=O)n3C(C)C)n2)CC1. The van der Waals surface area contributed by atoms with Crippen molar-refractivity contribution >= 4 is 22.7 Å². The number of aromatic nitrogens is 5. The van der Waals surface area contributed by atoms with E-state index in [1.165, 1.54) is 11.1 Å². The molecule has 0 spiro atoms. The number of hydrogen-bond donors (Lipinski definition) is 2. The molecule has 1 aliphatic heterocycles. The summed E-state index contributed by atoms with van der Waals surface area (Å²) in [5, 5.41) is 7.33. The monoisotopic (exact) mass is 494 g/mol. The molecule has 1 saturated carbocycles. The Morgan fingerprint density at radius 2 is 1.97 bits per heavy atom. The minimum Gasteiger partial charge on any atom is -0.324 e. The maximum Gasteiger partial charge on any atom is 0.278 e. The fourth-order valence-electron chi connectivity index (χ4n) is 5.31. The molecule has 1 fully saturated rings. The molecule has 0 radical (unpaired) electrons. The van der Waals surface area contributed by atoms with Gasteiger partial charge in [0.05, 0.1) is 0 Å². The van der Waals surface area contributed by atoms with E-state index in [2.05, 4.69) is 46.4 Å². The van der Waals surface area contributed by atoms with E-state index in [1.807, 2.05) is 38.1 Å². The second-order valence-electron chi connectivity index (χ2n) is 10.8. The molecule has 188 valence electrons. The molecule has 0 atom stereocenters. The molecule has 2 N–H and O–H groups in total. The van der Waals surface area contributed by atoms with Crippen molar-refractivity contribution in [3.8, 4) is 5.82 Å². The molecule has 0 saturated heterocycles. The van der Waals surface area contributed by atoms with Gasteiger partial charge in [-0.25, -0.2) is 25.9 Å². The number of hydrogen-bond acceptors (Lipinski definition) is 6. The highest BCUT2D eigenvalue weighted by molar-refractivity contribution is 5.77. The van der Waals surface area contributed by atoms with E-state index in [0.717, 1.165) is 37.2 Å². The highest BCUT2D eigenvalue weighted by Gasteiger charge is 2.54. The van der Waals surface area contributed by atoms with Crippen LogP contribution in [0.15, 0.2) is 47.4 Å². The largest absolute Gasteiger partial charge is 0.324 e. The van der Waals surface area contributed by atoms with E-state index in [0.29, 0.717) is 22.8 Å². The minimum absolute atomic E-state index is 0.0643. The zero-order valence-electron chi connectivity index (χ0n) is 21.5. The van der Waals surface area contributed by atoms with Crippen LogP contribution >= 0.6 is 0 Å². The summed E-state index contributed by atoms with van der Waals surface area (Å²) in [4.78, 5) is 31.3. The predicted molar refractivity (Wildman–Crippen MR) is 143 cm³/mol. The van der Waals surface area contributed by atoms with Gasteiger partial charge in [0.1, 0.15) is 11.1 Å². The van der Waals surface area contributed by atoms with Gasteiger partial charge in [-0.3, -0.25) is 4.79 Å². The molecule has 0 amide bonds. The molecule has 9 heteroatoms. The number of anilines is 2. The van der Waals surface area contributed by atoms with Crippen molar-refractivity contribution in [3.63, 3.8) is 0 Å². The van der Waals surface area contributed by atoms with E-state index in [4.69, 9.17) is 16.5 Å². The normalized spacial score (nSPS) is 17.4. The number of nitrogens with zero attached hydrogens (tertiary/aromatic N) is 6. The van der Waals surface area contributed by atoms with Crippen LogP contribution in [0.4, 0.5) is 11.6 Å². The lowest BCUT2D eigenvalue weighted by Crippen LogP contribution is -2.42. The van der Waals surface area contributed by atoms with Crippen molar-refractivity contribution in [2.24, 2.45) is 0 Å². The molecule has 0 bridgehead atoms. The molecule has 4 heterocycles. The van der Waals surface area contributed by atoms with Crippen molar-refractivity contribution in [2.45, 2.75) is 64.1 Å². The molecular weight excluding hydrogens is 464 g/mol. The molecule has 6 rings (SSSR count). The first-order valence-electron chi connectivity index (χ1n) is 12.7. The van der Waals surface area contributed by atoms with Crippen molar-refractivity contribution in [1.29, 1.82) is 0 Å².